The Bertz CT molecular complexity index is 358. The Morgan fingerprint density at radius 3 is 2.35 bits per heavy atom. The first kappa shape index (κ1) is 15.2. The molecule has 0 spiro atoms. The van der Waals surface area contributed by atoms with Gasteiger partial charge in [-0.3, -0.25) is 0 Å². The van der Waals surface area contributed by atoms with E-state index in [-0.39, 0.29) is 17.9 Å². The first-order valence-electron chi connectivity index (χ1n) is 5.40. The van der Waals surface area contributed by atoms with Gasteiger partial charge in [-0.2, -0.15) is 0 Å². The quantitative estimate of drug-likeness (QED) is 0.704. The number of aliphatic hydroxyl groups is 1. The van der Waals surface area contributed by atoms with Crippen LogP contribution in [-0.4, -0.2) is 27.9 Å². The lowest BCUT2D eigenvalue weighted by Crippen LogP contribution is -1.95. The Labute approximate surface area is 101 Å². The minimum atomic E-state index is -1.11. The molecule has 4 nitrogen and oxygen atoms in total. The third kappa shape index (κ3) is 7.14. The number of hydrogen-bond acceptors (Lipinski definition) is 3. The Kier molecular flexibility index (Phi) is 8.42. The van der Waals surface area contributed by atoms with E-state index >= 15 is 0 Å². The number of carboxylic acid groups (broad SMARTS) is 1. The third-order valence-corrected chi connectivity index (χ3v) is 1.83. The first-order chi connectivity index (χ1) is 8.13. The Morgan fingerprint density at radius 1 is 1.29 bits per heavy atom. The number of allylic oxidation sites excluding steroid dienone is 1. The molecule has 94 valence electrons. The fourth-order valence-corrected chi connectivity index (χ4v) is 1.01. The molecule has 1 rings (SSSR count). The second-order valence-corrected chi connectivity index (χ2v) is 3.21. The van der Waals surface area contributed by atoms with Crippen molar-refractivity contribution in [3.63, 3.8) is 0 Å². The Hall–Kier alpha value is -1.81. The Morgan fingerprint density at radius 2 is 1.94 bits per heavy atom. The zero-order chi connectivity index (χ0) is 13.1. The summed E-state index contributed by atoms with van der Waals surface area (Å²) in [5, 5.41) is 25.5. The van der Waals surface area contributed by atoms with Gasteiger partial charge in [0, 0.05) is 6.61 Å². The van der Waals surface area contributed by atoms with E-state index in [0.717, 1.165) is 12.8 Å². The summed E-state index contributed by atoms with van der Waals surface area (Å²) >= 11 is 0. The van der Waals surface area contributed by atoms with E-state index in [1.807, 2.05) is 6.08 Å². The minimum Gasteiger partial charge on any atom is -0.507 e. The molecule has 0 fully saturated rings. The number of benzene rings is 1. The molecule has 0 atom stereocenters. The van der Waals surface area contributed by atoms with Crippen molar-refractivity contribution < 1.29 is 20.1 Å². The molecule has 1 aromatic carbocycles. The van der Waals surface area contributed by atoms with Crippen molar-refractivity contribution >= 4 is 5.97 Å². The van der Waals surface area contributed by atoms with Gasteiger partial charge >= 0.3 is 5.97 Å². The summed E-state index contributed by atoms with van der Waals surface area (Å²) in [5.41, 5.74) is -0.0671. The molecule has 0 aliphatic heterocycles. The van der Waals surface area contributed by atoms with Crippen molar-refractivity contribution in [2.45, 2.75) is 19.8 Å². The van der Waals surface area contributed by atoms with E-state index in [9.17, 15) is 4.79 Å². The third-order valence-electron chi connectivity index (χ3n) is 1.83. The van der Waals surface area contributed by atoms with Crippen LogP contribution in [0.5, 0.6) is 5.75 Å². The van der Waals surface area contributed by atoms with Crippen LogP contribution in [0.15, 0.2) is 36.4 Å². The zero-order valence-corrected chi connectivity index (χ0v) is 9.84. The van der Waals surface area contributed by atoms with Gasteiger partial charge in [0.1, 0.15) is 11.3 Å². The van der Waals surface area contributed by atoms with Crippen LogP contribution in [0.4, 0.5) is 0 Å². The molecule has 0 aromatic heterocycles. The predicted octanol–water partition coefficient (Wildman–Crippen LogP) is 2.43. The van der Waals surface area contributed by atoms with E-state index in [4.69, 9.17) is 15.3 Å². The van der Waals surface area contributed by atoms with E-state index in [0.29, 0.717) is 0 Å². The van der Waals surface area contributed by atoms with E-state index in [2.05, 4.69) is 13.0 Å². The summed E-state index contributed by atoms with van der Waals surface area (Å²) in [5.74, 6) is -1.31. The fraction of sp³-hybridized carbons (Fsp3) is 0.308. The predicted molar refractivity (Wildman–Crippen MR) is 66.2 cm³/mol. The summed E-state index contributed by atoms with van der Waals surface area (Å²) in [4.78, 5) is 10.3. The maximum Gasteiger partial charge on any atom is 0.339 e. The second-order valence-electron chi connectivity index (χ2n) is 3.21. The van der Waals surface area contributed by atoms with E-state index < -0.39 is 5.97 Å². The van der Waals surface area contributed by atoms with Crippen LogP contribution in [0.2, 0.25) is 0 Å². The van der Waals surface area contributed by atoms with Crippen LogP contribution in [0.1, 0.15) is 30.1 Å². The number of aromatic carboxylic acids is 1. The maximum absolute atomic E-state index is 10.3. The summed E-state index contributed by atoms with van der Waals surface area (Å²) in [7, 11) is 0. The SMILES string of the molecule is CCC=CCCO.O=C(O)c1ccccc1O. The fourth-order valence-electron chi connectivity index (χ4n) is 1.01. The number of aromatic hydroxyl groups is 1. The van der Waals surface area contributed by atoms with Crippen molar-refractivity contribution in [3.8, 4) is 5.75 Å². The monoisotopic (exact) mass is 238 g/mol. The number of carboxylic acids is 1. The first-order valence-corrected chi connectivity index (χ1v) is 5.40. The molecule has 0 saturated carbocycles. The number of rotatable bonds is 4. The Balaban J connectivity index is 0.000000325. The van der Waals surface area contributed by atoms with Crippen LogP contribution in [0.3, 0.4) is 0 Å². The summed E-state index contributed by atoms with van der Waals surface area (Å²) in [6.45, 7) is 2.35. The van der Waals surface area contributed by atoms with Gasteiger partial charge in [0.15, 0.2) is 0 Å². The highest BCUT2D eigenvalue weighted by atomic mass is 16.4. The van der Waals surface area contributed by atoms with Crippen molar-refractivity contribution in [1.29, 1.82) is 0 Å². The smallest absolute Gasteiger partial charge is 0.339 e. The van der Waals surface area contributed by atoms with Gasteiger partial charge < -0.3 is 15.3 Å². The van der Waals surface area contributed by atoms with Crippen LogP contribution in [0.25, 0.3) is 0 Å². The molecule has 17 heavy (non-hydrogen) atoms. The highest BCUT2D eigenvalue weighted by molar-refractivity contribution is 5.90. The molecule has 0 heterocycles. The van der Waals surface area contributed by atoms with Crippen LogP contribution >= 0.6 is 0 Å². The lowest BCUT2D eigenvalue weighted by Gasteiger charge is -1.95. The number of aliphatic hydroxyl groups excluding tert-OH is 1. The van der Waals surface area contributed by atoms with Gasteiger partial charge in [-0.25, -0.2) is 4.79 Å². The molecule has 0 radical (unpaired) electrons. The zero-order valence-electron chi connectivity index (χ0n) is 9.84. The summed E-state index contributed by atoms with van der Waals surface area (Å²) < 4.78 is 0. The lowest BCUT2D eigenvalue weighted by atomic mass is 10.2. The van der Waals surface area contributed by atoms with Gasteiger partial charge in [0.2, 0.25) is 0 Å². The van der Waals surface area contributed by atoms with Crippen molar-refractivity contribution in [2.75, 3.05) is 6.61 Å². The van der Waals surface area contributed by atoms with Gasteiger partial charge in [0.25, 0.3) is 0 Å². The highest BCUT2D eigenvalue weighted by Crippen LogP contribution is 2.14. The number of para-hydroxylation sites is 1. The molecule has 0 aliphatic rings. The number of hydrogen-bond donors (Lipinski definition) is 3. The average Bonchev–Trinajstić information content (AvgIpc) is 2.31. The maximum atomic E-state index is 10.3. The molecule has 0 unspecified atom stereocenters. The topological polar surface area (TPSA) is 77.8 Å². The molecule has 3 N–H and O–H groups in total. The molecular formula is C13H18O4. The van der Waals surface area contributed by atoms with E-state index in [1.165, 1.54) is 12.1 Å². The summed E-state index contributed by atoms with van der Waals surface area (Å²) in [6, 6.07) is 5.81. The lowest BCUT2D eigenvalue weighted by molar-refractivity contribution is 0.0693. The van der Waals surface area contributed by atoms with Gasteiger partial charge in [-0.05, 0) is 25.0 Å². The molecule has 0 amide bonds. The van der Waals surface area contributed by atoms with E-state index in [1.54, 1.807) is 12.1 Å². The van der Waals surface area contributed by atoms with Gasteiger partial charge in [-0.15, -0.1) is 0 Å². The number of phenols is 1. The van der Waals surface area contributed by atoms with Crippen LogP contribution in [0, 0.1) is 0 Å². The number of carbonyl (C=O) groups is 1. The molecule has 4 heteroatoms. The van der Waals surface area contributed by atoms with Gasteiger partial charge in [0.05, 0.1) is 0 Å². The van der Waals surface area contributed by atoms with Crippen molar-refractivity contribution in [3.05, 3.63) is 42.0 Å². The normalized spacial score (nSPS) is 9.76. The van der Waals surface area contributed by atoms with Crippen LogP contribution < -0.4 is 0 Å². The van der Waals surface area contributed by atoms with Gasteiger partial charge in [-0.1, -0.05) is 31.2 Å². The van der Waals surface area contributed by atoms with Crippen LogP contribution in [-0.2, 0) is 0 Å². The highest BCUT2D eigenvalue weighted by Gasteiger charge is 2.05. The standard InChI is InChI=1S/C7H6O3.C6H12O/c8-6-4-2-1-3-5(6)7(9)10;1-2-3-4-5-6-7/h1-4,8H,(H,9,10);3-4,7H,2,5-6H2,1H3. The average molecular weight is 238 g/mol. The molecule has 0 aliphatic carbocycles. The van der Waals surface area contributed by atoms with Crippen molar-refractivity contribution in [2.24, 2.45) is 0 Å². The molecule has 1 aromatic rings. The second kappa shape index (κ2) is 9.42. The molecule has 0 bridgehead atoms. The van der Waals surface area contributed by atoms with Crippen molar-refractivity contribution in [1.82, 2.24) is 0 Å². The molecule has 0 saturated heterocycles. The largest absolute Gasteiger partial charge is 0.507 e. The molecular weight excluding hydrogens is 220 g/mol. The summed E-state index contributed by atoms with van der Waals surface area (Å²) in [6.07, 6.45) is 5.91. The minimum absolute atomic E-state index is 0.0671.